The molecule has 0 aliphatic heterocycles. The van der Waals surface area contributed by atoms with Gasteiger partial charge in [0, 0.05) is 6.54 Å². The van der Waals surface area contributed by atoms with Gasteiger partial charge < -0.3 is 15.4 Å². The van der Waals surface area contributed by atoms with Gasteiger partial charge in [-0.15, -0.1) is 0 Å². The smallest absolute Gasteiger partial charge is 0.259 e. The van der Waals surface area contributed by atoms with E-state index in [1.165, 1.54) is 0 Å². The van der Waals surface area contributed by atoms with Crippen molar-refractivity contribution in [3.63, 3.8) is 0 Å². The molecule has 2 amide bonds. The van der Waals surface area contributed by atoms with Gasteiger partial charge >= 0.3 is 0 Å². The number of anilines is 1. The number of hydrogen-bond acceptors (Lipinski definition) is 3. The van der Waals surface area contributed by atoms with E-state index in [-0.39, 0.29) is 11.8 Å². The molecule has 0 aliphatic carbocycles. The van der Waals surface area contributed by atoms with Gasteiger partial charge in [0.1, 0.15) is 12.4 Å². The molecule has 2 N–H and O–H groups in total. The minimum Gasteiger partial charge on any atom is -0.488 e. The molecule has 0 atom stereocenters. The van der Waals surface area contributed by atoms with Crippen molar-refractivity contribution in [2.75, 3.05) is 11.9 Å². The summed E-state index contributed by atoms with van der Waals surface area (Å²) in [6, 6.07) is 32.1. The van der Waals surface area contributed by atoms with Crippen LogP contribution >= 0.6 is 0 Å². The second-order valence-corrected chi connectivity index (χ2v) is 8.27. The first-order chi connectivity index (χ1) is 17.1. The zero-order valence-electron chi connectivity index (χ0n) is 19.7. The van der Waals surface area contributed by atoms with Crippen molar-refractivity contribution in [2.45, 2.75) is 20.0 Å². The maximum Gasteiger partial charge on any atom is 0.259 e. The van der Waals surface area contributed by atoms with E-state index < -0.39 is 0 Å². The summed E-state index contributed by atoms with van der Waals surface area (Å²) in [5.41, 5.74) is 4.58. The Morgan fingerprint density at radius 1 is 0.714 bits per heavy atom. The Morgan fingerprint density at radius 3 is 2.20 bits per heavy atom. The molecule has 0 saturated heterocycles. The Balaban J connectivity index is 1.42. The summed E-state index contributed by atoms with van der Waals surface area (Å²) in [7, 11) is 0. The van der Waals surface area contributed by atoms with Crippen LogP contribution in [0.5, 0.6) is 5.75 Å². The summed E-state index contributed by atoms with van der Waals surface area (Å²) >= 11 is 0. The molecule has 0 aromatic heterocycles. The molecule has 0 spiro atoms. The number of para-hydroxylation sites is 2. The molecular weight excluding hydrogens is 436 g/mol. The first-order valence-corrected chi connectivity index (χ1v) is 11.6. The van der Waals surface area contributed by atoms with Crippen molar-refractivity contribution in [1.82, 2.24) is 5.32 Å². The highest BCUT2D eigenvalue weighted by Crippen LogP contribution is 2.23. The van der Waals surface area contributed by atoms with E-state index in [2.05, 4.69) is 16.7 Å². The van der Waals surface area contributed by atoms with Crippen molar-refractivity contribution < 1.29 is 14.3 Å². The molecule has 35 heavy (non-hydrogen) atoms. The van der Waals surface area contributed by atoms with E-state index in [1.807, 2.05) is 61.5 Å². The molecule has 0 radical (unpaired) electrons. The second-order valence-electron chi connectivity index (χ2n) is 8.27. The molecule has 4 aromatic rings. The molecule has 0 unspecified atom stereocenters. The first-order valence-electron chi connectivity index (χ1n) is 11.6. The SMILES string of the molecule is Cc1cccc(COc2ccccc2C(=O)Nc2ccccc2C(=O)NCCc2ccccc2)c1. The molecule has 176 valence electrons. The molecule has 0 heterocycles. The zero-order valence-corrected chi connectivity index (χ0v) is 19.7. The highest BCUT2D eigenvalue weighted by atomic mass is 16.5. The minimum absolute atomic E-state index is 0.235. The molecule has 4 rings (SSSR count). The average molecular weight is 465 g/mol. The van der Waals surface area contributed by atoms with Crippen LogP contribution in [0.2, 0.25) is 0 Å². The van der Waals surface area contributed by atoms with Crippen LogP contribution in [0.4, 0.5) is 5.69 Å². The fraction of sp³-hybridized carbons (Fsp3) is 0.133. The lowest BCUT2D eigenvalue weighted by Crippen LogP contribution is -2.27. The number of rotatable bonds is 9. The highest BCUT2D eigenvalue weighted by molar-refractivity contribution is 6.10. The van der Waals surface area contributed by atoms with Crippen LogP contribution in [-0.2, 0) is 13.0 Å². The molecular formula is C30H28N2O3. The van der Waals surface area contributed by atoms with Crippen LogP contribution in [0.25, 0.3) is 0 Å². The number of nitrogens with one attached hydrogen (secondary N) is 2. The number of aryl methyl sites for hydroxylation is 1. The molecule has 0 saturated carbocycles. The van der Waals surface area contributed by atoms with Gasteiger partial charge in [0.15, 0.2) is 0 Å². The van der Waals surface area contributed by atoms with E-state index in [4.69, 9.17) is 4.74 Å². The Labute approximate surface area is 205 Å². The Morgan fingerprint density at radius 2 is 1.40 bits per heavy atom. The van der Waals surface area contributed by atoms with Crippen LogP contribution in [-0.4, -0.2) is 18.4 Å². The van der Waals surface area contributed by atoms with Gasteiger partial charge in [-0.1, -0.05) is 84.4 Å². The molecule has 4 aromatic carbocycles. The van der Waals surface area contributed by atoms with E-state index in [0.29, 0.717) is 35.7 Å². The number of carbonyl (C=O) groups excluding carboxylic acids is 2. The Kier molecular flexibility index (Phi) is 7.92. The standard InChI is InChI=1S/C30H28N2O3/c1-22-10-9-13-24(20-22)21-35-28-17-8-6-15-26(28)30(34)32-27-16-7-5-14-25(27)29(33)31-19-18-23-11-3-2-4-12-23/h2-17,20H,18-19,21H2,1H3,(H,31,33)(H,32,34). The maximum absolute atomic E-state index is 13.2. The van der Waals surface area contributed by atoms with Crippen molar-refractivity contribution in [3.05, 3.63) is 131 Å². The van der Waals surface area contributed by atoms with Gasteiger partial charge in [-0.05, 0) is 48.7 Å². The fourth-order valence-corrected chi connectivity index (χ4v) is 3.78. The molecule has 5 heteroatoms. The Bertz CT molecular complexity index is 1300. The molecule has 0 fully saturated rings. The van der Waals surface area contributed by atoms with E-state index in [1.54, 1.807) is 42.5 Å². The van der Waals surface area contributed by atoms with E-state index in [0.717, 1.165) is 23.1 Å². The topological polar surface area (TPSA) is 67.4 Å². The lowest BCUT2D eigenvalue weighted by molar-refractivity contribution is 0.0955. The van der Waals surface area contributed by atoms with Gasteiger partial charge in [-0.25, -0.2) is 0 Å². The van der Waals surface area contributed by atoms with Crippen LogP contribution in [0.1, 0.15) is 37.4 Å². The molecule has 0 aliphatic rings. The molecule has 0 bridgehead atoms. The predicted molar refractivity (Wildman–Crippen MR) is 139 cm³/mol. The summed E-state index contributed by atoms with van der Waals surface area (Å²) in [6.45, 7) is 2.88. The van der Waals surface area contributed by atoms with Crippen LogP contribution in [0.15, 0.2) is 103 Å². The van der Waals surface area contributed by atoms with Crippen LogP contribution in [0, 0.1) is 6.92 Å². The fourth-order valence-electron chi connectivity index (χ4n) is 3.78. The summed E-state index contributed by atoms with van der Waals surface area (Å²) in [5.74, 6) is -0.0912. The van der Waals surface area contributed by atoms with Crippen molar-refractivity contribution >= 4 is 17.5 Å². The van der Waals surface area contributed by atoms with Crippen LogP contribution in [0.3, 0.4) is 0 Å². The van der Waals surface area contributed by atoms with Crippen molar-refractivity contribution in [1.29, 1.82) is 0 Å². The lowest BCUT2D eigenvalue weighted by Gasteiger charge is -2.14. The third-order valence-corrected chi connectivity index (χ3v) is 5.57. The highest BCUT2D eigenvalue weighted by Gasteiger charge is 2.17. The third kappa shape index (κ3) is 6.58. The quantitative estimate of drug-likeness (QED) is 0.329. The summed E-state index contributed by atoms with van der Waals surface area (Å²) in [4.78, 5) is 26.0. The number of amides is 2. The zero-order chi connectivity index (χ0) is 24.5. The normalized spacial score (nSPS) is 10.4. The van der Waals surface area contributed by atoms with Gasteiger partial charge in [0.25, 0.3) is 11.8 Å². The van der Waals surface area contributed by atoms with Gasteiger partial charge in [0.2, 0.25) is 0 Å². The number of ether oxygens (including phenoxy) is 1. The van der Waals surface area contributed by atoms with Gasteiger partial charge in [-0.2, -0.15) is 0 Å². The monoisotopic (exact) mass is 464 g/mol. The van der Waals surface area contributed by atoms with E-state index >= 15 is 0 Å². The summed E-state index contributed by atoms with van der Waals surface area (Å²) in [5, 5.41) is 5.82. The van der Waals surface area contributed by atoms with Gasteiger partial charge in [0.05, 0.1) is 16.8 Å². The summed E-state index contributed by atoms with van der Waals surface area (Å²) in [6.07, 6.45) is 0.729. The number of benzene rings is 4. The number of hydrogen-bond donors (Lipinski definition) is 2. The maximum atomic E-state index is 13.2. The predicted octanol–water partition coefficient (Wildman–Crippen LogP) is 5.80. The minimum atomic E-state index is -0.339. The molecule has 5 nitrogen and oxygen atoms in total. The second kappa shape index (κ2) is 11.7. The van der Waals surface area contributed by atoms with Crippen molar-refractivity contribution in [3.8, 4) is 5.75 Å². The number of carbonyl (C=O) groups is 2. The third-order valence-electron chi connectivity index (χ3n) is 5.57. The van der Waals surface area contributed by atoms with Crippen molar-refractivity contribution in [2.24, 2.45) is 0 Å². The lowest BCUT2D eigenvalue weighted by atomic mass is 10.1. The van der Waals surface area contributed by atoms with E-state index in [9.17, 15) is 9.59 Å². The average Bonchev–Trinajstić information content (AvgIpc) is 2.88. The Hall–Kier alpha value is -4.38. The summed E-state index contributed by atoms with van der Waals surface area (Å²) < 4.78 is 5.97. The van der Waals surface area contributed by atoms with Gasteiger partial charge in [-0.3, -0.25) is 9.59 Å². The largest absolute Gasteiger partial charge is 0.488 e. The first kappa shape index (κ1) is 23.8. The van der Waals surface area contributed by atoms with Crippen LogP contribution < -0.4 is 15.4 Å².